The zero-order valence-electron chi connectivity index (χ0n) is 8.91. The molecule has 1 heterocycles. The molecule has 0 saturated heterocycles. The number of carbonyl (C=O) groups is 1. The largest absolute Gasteiger partial charge is 0.469 e. The van der Waals surface area contributed by atoms with E-state index in [1.807, 2.05) is 13.0 Å². The van der Waals surface area contributed by atoms with Crippen molar-refractivity contribution in [2.24, 2.45) is 0 Å². The van der Waals surface area contributed by atoms with Gasteiger partial charge in [0.25, 0.3) is 5.91 Å². The minimum atomic E-state index is -0.177. The maximum Gasteiger partial charge on any atom is 0.255 e. The van der Waals surface area contributed by atoms with Gasteiger partial charge in [-0.15, -0.1) is 0 Å². The molecular formula is C11H14N2O2. The Kier molecular flexibility index (Phi) is 3.92. The summed E-state index contributed by atoms with van der Waals surface area (Å²) < 4.78 is 5.03. The number of hydrogen-bond donors (Lipinski definition) is 1. The second-order valence-corrected chi connectivity index (χ2v) is 3.33. The zero-order chi connectivity index (χ0) is 11.3. The van der Waals surface area contributed by atoms with Gasteiger partial charge in [-0.05, 0) is 19.4 Å². The second kappa shape index (κ2) is 5.20. The Labute approximate surface area is 88.9 Å². The fraction of sp³-hybridized carbons (Fsp3) is 0.455. The number of nitrogens with one attached hydrogen (secondary N) is 1. The summed E-state index contributed by atoms with van der Waals surface area (Å²) in [5.41, 5.74) is 0.534. The summed E-state index contributed by atoms with van der Waals surface area (Å²) >= 11 is 0. The maximum atomic E-state index is 11.7. The molecule has 1 unspecified atom stereocenters. The van der Waals surface area contributed by atoms with Gasteiger partial charge < -0.3 is 9.73 Å². The van der Waals surface area contributed by atoms with Gasteiger partial charge in [0.2, 0.25) is 0 Å². The Morgan fingerprint density at radius 3 is 2.93 bits per heavy atom. The average Bonchev–Trinajstić information content (AvgIpc) is 2.63. The number of hydrogen-bond acceptors (Lipinski definition) is 3. The monoisotopic (exact) mass is 206 g/mol. The van der Waals surface area contributed by atoms with E-state index >= 15 is 0 Å². The van der Waals surface area contributed by atoms with E-state index < -0.39 is 0 Å². The van der Waals surface area contributed by atoms with Crippen LogP contribution in [0.2, 0.25) is 0 Å². The lowest BCUT2D eigenvalue weighted by Crippen LogP contribution is -2.34. The van der Waals surface area contributed by atoms with Crippen molar-refractivity contribution in [2.45, 2.75) is 32.7 Å². The van der Waals surface area contributed by atoms with Crippen LogP contribution in [0.1, 0.15) is 35.9 Å². The summed E-state index contributed by atoms with van der Waals surface area (Å²) in [6.45, 7) is 3.67. The summed E-state index contributed by atoms with van der Waals surface area (Å²) in [4.78, 5) is 11.7. The van der Waals surface area contributed by atoms with E-state index in [9.17, 15) is 4.79 Å². The molecule has 0 bridgehead atoms. The van der Waals surface area contributed by atoms with E-state index in [-0.39, 0.29) is 11.9 Å². The van der Waals surface area contributed by atoms with Gasteiger partial charge >= 0.3 is 0 Å². The molecule has 0 aliphatic heterocycles. The number of nitriles is 1. The Morgan fingerprint density at radius 2 is 2.47 bits per heavy atom. The molecule has 0 saturated carbocycles. The molecule has 0 spiro atoms. The van der Waals surface area contributed by atoms with Crippen LogP contribution in [0.15, 0.2) is 16.7 Å². The van der Waals surface area contributed by atoms with Crippen molar-refractivity contribution in [3.05, 3.63) is 23.7 Å². The van der Waals surface area contributed by atoms with Gasteiger partial charge in [0.15, 0.2) is 0 Å². The van der Waals surface area contributed by atoms with E-state index in [2.05, 4.69) is 5.32 Å². The molecule has 1 aromatic heterocycles. The minimum Gasteiger partial charge on any atom is -0.469 e. The van der Waals surface area contributed by atoms with Crippen molar-refractivity contribution in [1.29, 1.82) is 5.26 Å². The van der Waals surface area contributed by atoms with Gasteiger partial charge in [-0.1, -0.05) is 6.92 Å². The molecular weight excluding hydrogens is 192 g/mol. The Balaban J connectivity index is 2.63. The molecule has 80 valence electrons. The van der Waals surface area contributed by atoms with Crippen molar-refractivity contribution in [3.63, 3.8) is 0 Å². The van der Waals surface area contributed by atoms with Crippen LogP contribution < -0.4 is 5.32 Å². The van der Waals surface area contributed by atoms with E-state index in [4.69, 9.17) is 9.68 Å². The summed E-state index contributed by atoms with van der Waals surface area (Å²) in [5, 5.41) is 11.3. The van der Waals surface area contributed by atoms with Crippen LogP contribution in [0.25, 0.3) is 0 Å². The number of amides is 1. The van der Waals surface area contributed by atoms with Crippen molar-refractivity contribution in [1.82, 2.24) is 5.32 Å². The standard InChI is InChI=1S/C11H14N2O2/c1-3-9(4-6-12)13-11(14)10-5-7-15-8(10)2/h5,7,9H,3-4H2,1-2H3,(H,13,14). The number of rotatable bonds is 4. The molecule has 1 atom stereocenters. The van der Waals surface area contributed by atoms with Crippen LogP contribution in [0, 0.1) is 18.3 Å². The predicted molar refractivity (Wildman–Crippen MR) is 55.2 cm³/mol. The highest BCUT2D eigenvalue weighted by atomic mass is 16.3. The highest BCUT2D eigenvalue weighted by Crippen LogP contribution is 2.09. The number of furan rings is 1. The summed E-state index contributed by atoms with van der Waals surface area (Å²) in [5.74, 6) is 0.419. The molecule has 4 nitrogen and oxygen atoms in total. The van der Waals surface area contributed by atoms with Crippen LogP contribution in [-0.4, -0.2) is 11.9 Å². The van der Waals surface area contributed by atoms with Crippen molar-refractivity contribution < 1.29 is 9.21 Å². The second-order valence-electron chi connectivity index (χ2n) is 3.33. The zero-order valence-corrected chi connectivity index (χ0v) is 8.91. The van der Waals surface area contributed by atoms with Gasteiger partial charge in [0.05, 0.1) is 24.3 Å². The van der Waals surface area contributed by atoms with E-state index in [0.29, 0.717) is 17.7 Å². The van der Waals surface area contributed by atoms with Crippen LogP contribution in [0.3, 0.4) is 0 Å². The molecule has 1 amide bonds. The SMILES string of the molecule is CCC(CC#N)NC(=O)c1ccoc1C. The van der Waals surface area contributed by atoms with E-state index in [1.165, 1.54) is 6.26 Å². The summed E-state index contributed by atoms with van der Waals surface area (Å²) in [6, 6.07) is 3.59. The fourth-order valence-corrected chi connectivity index (χ4v) is 1.29. The molecule has 4 heteroatoms. The summed E-state index contributed by atoms with van der Waals surface area (Å²) in [7, 11) is 0. The summed E-state index contributed by atoms with van der Waals surface area (Å²) in [6.07, 6.45) is 2.56. The van der Waals surface area contributed by atoms with Crippen molar-refractivity contribution in [3.8, 4) is 6.07 Å². The lowest BCUT2D eigenvalue weighted by Gasteiger charge is -2.12. The lowest BCUT2D eigenvalue weighted by atomic mass is 10.1. The molecule has 0 aromatic carbocycles. The smallest absolute Gasteiger partial charge is 0.255 e. The molecule has 0 aliphatic rings. The number of carbonyl (C=O) groups excluding carboxylic acids is 1. The van der Waals surface area contributed by atoms with Crippen LogP contribution in [-0.2, 0) is 0 Å². The third kappa shape index (κ3) is 2.84. The predicted octanol–water partition coefficient (Wildman–Crippen LogP) is 2.01. The molecule has 0 fully saturated rings. The molecule has 0 radical (unpaired) electrons. The van der Waals surface area contributed by atoms with Crippen LogP contribution in [0.4, 0.5) is 0 Å². The van der Waals surface area contributed by atoms with E-state index in [1.54, 1.807) is 13.0 Å². The first-order chi connectivity index (χ1) is 7.19. The Bertz CT molecular complexity index is 376. The van der Waals surface area contributed by atoms with Gasteiger partial charge in [-0.25, -0.2) is 0 Å². The highest BCUT2D eigenvalue weighted by molar-refractivity contribution is 5.95. The first-order valence-corrected chi connectivity index (χ1v) is 4.91. The van der Waals surface area contributed by atoms with Gasteiger partial charge in [0, 0.05) is 6.04 Å². The third-order valence-corrected chi connectivity index (χ3v) is 2.27. The quantitative estimate of drug-likeness (QED) is 0.819. The van der Waals surface area contributed by atoms with Crippen molar-refractivity contribution >= 4 is 5.91 Å². The third-order valence-electron chi connectivity index (χ3n) is 2.27. The molecule has 15 heavy (non-hydrogen) atoms. The lowest BCUT2D eigenvalue weighted by molar-refractivity contribution is 0.0935. The van der Waals surface area contributed by atoms with E-state index in [0.717, 1.165) is 6.42 Å². The first kappa shape index (κ1) is 11.3. The molecule has 1 rings (SSSR count). The number of nitrogens with zero attached hydrogens (tertiary/aromatic N) is 1. The minimum absolute atomic E-state index is 0.0863. The topological polar surface area (TPSA) is 66.0 Å². The van der Waals surface area contributed by atoms with Gasteiger partial charge in [0.1, 0.15) is 5.76 Å². The Morgan fingerprint density at radius 1 is 1.73 bits per heavy atom. The molecule has 0 aliphatic carbocycles. The highest BCUT2D eigenvalue weighted by Gasteiger charge is 2.15. The number of aryl methyl sites for hydroxylation is 1. The van der Waals surface area contributed by atoms with Crippen LogP contribution >= 0.6 is 0 Å². The fourth-order valence-electron chi connectivity index (χ4n) is 1.29. The van der Waals surface area contributed by atoms with Crippen LogP contribution in [0.5, 0.6) is 0 Å². The van der Waals surface area contributed by atoms with Gasteiger partial charge in [-0.3, -0.25) is 4.79 Å². The van der Waals surface area contributed by atoms with Crippen molar-refractivity contribution in [2.75, 3.05) is 0 Å². The Hall–Kier alpha value is -1.76. The normalized spacial score (nSPS) is 11.8. The maximum absolute atomic E-state index is 11.7. The average molecular weight is 206 g/mol. The van der Waals surface area contributed by atoms with Gasteiger partial charge in [-0.2, -0.15) is 5.26 Å². The molecule has 1 aromatic rings. The molecule has 1 N–H and O–H groups in total. The first-order valence-electron chi connectivity index (χ1n) is 4.91.